The standard InChI is InChI=1S/C12H16N4O2/c13-4-8-2-1-3-14-11(8)16-6-9-5-15(12(17)18)7-10(9)16/h1-3,9-10H,4-7,13H2,(H,17,18)/t9-,10-/m1/s1. The second-order valence-electron chi connectivity index (χ2n) is 4.86. The van der Waals surface area contributed by atoms with Crippen LogP contribution in [0.5, 0.6) is 0 Å². The van der Waals surface area contributed by atoms with Crippen molar-refractivity contribution in [3.63, 3.8) is 0 Å². The van der Waals surface area contributed by atoms with Gasteiger partial charge in [0.1, 0.15) is 5.82 Å². The third-order valence-corrected chi connectivity index (χ3v) is 3.87. The SMILES string of the molecule is NCc1cccnc1N1C[C@H]2CN(C(=O)O)C[C@H]21. The molecule has 2 aliphatic rings. The predicted molar refractivity (Wildman–Crippen MR) is 66.4 cm³/mol. The van der Waals surface area contributed by atoms with E-state index in [4.69, 9.17) is 10.8 Å². The molecule has 0 radical (unpaired) electrons. The van der Waals surface area contributed by atoms with E-state index in [1.165, 1.54) is 4.90 Å². The average Bonchev–Trinajstić information content (AvgIpc) is 2.68. The summed E-state index contributed by atoms with van der Waals surface area (Å²) in [6.45, 7) is 2.54. The largest absolute Gasteiger partial charge is 0.465 e. The Morgan fingerprint density at radius 2 is 2.33 bits per heavy atom. The number of carboxylic acid groups (broad SMARTS) is 1. The Kier molecular flexibility index (Phi) is 2.59. The number of nitrogens with two attached hydrogens (primary N) is 1. The highest BCUT2D eigenvalue weighted by atomic mass is 16.4. The minimum Gasteiger partial charge on any atom is -0.465 e. The van der Waals surface area contributed by atoms with Crippen LogP contribution >= 0.6 is 0 Å². The monoisotopic (exact) mass is 248 g/mol. The molecule has 6 heteroatoms. The molecule has 3 N–H and O–H groups in total. The van der Waals surface area contributed by atoms with Gasteiger partial charge in [-0.25, -0.2) is 9.78 Å². The van der Waals surface area contributed by atoms with E-state index in [0.717, 1.165) is 17.9 Å². The van der Waals surface area contributed by atoms with Crippen molar-refractivity contribution in [3.05, 3.63) is 23.9 Å². The lowest BCUT2D eigenvalue weighted by Crippen LogP contribution is -2.56. The lowest BCUT2D eigenvalue weighted by molar-refractivity contribution is 0.155. The number of amides is 1. The molecule has 3 heterocycles. The van der Waals surface area contributed by atoms with Crippen molar-refractivity contribution in [3.8, 4) is 0 Å². The highest BCUT2D eigenvalue weighted by molar-refractivity contribution is 5.66. The van der Waals surface area contributed by atoms with Crippen molar-refractivity contribution < 1.29 is 9.90 Å². The van der Waals surface area contributed by atoms with E-state index in [1.54, 1.807) is 6.20 Å². The van der Waals surface area contributed by atoms with Gasteiger partial charge in [-0.3, -0.25) is 0 Å². The van der Waals surface area contributed by atoms with Crippen LogP contribution in [0, 0.1) is 5.92 Å². The van der Waals surface area contributed by atoms with Gasteiger partial charge in [0.25, 0.3) is 0 Å². The van der Waals surface area contributed by atoms with Gasteiger partial charge in [-0.05, 0) is 6.07 Å². The molecule has 0 spiro atoms. The molecule has 3 rings (SSSR count). The van der Waals surface area contributed by atoms with Crippen LogP contribution in [0.25, 0.3) is 0 Å². The molecule has 2 aliphatic heterocycles. The van der Waals surface area contributed by atoms with Crippen LogP contribution in [0.4, 0.5) is 10.6 Å². The van der Waals surface area contributed by atoms with E-state index < -0.39 is 6.09 Å². The molecular weight excluding hydrogens is 232 g/mol. The zero-order chi connectivity index (χ0) is 12.7. The number of likely N-dealkylation sites (tertiary alicyclic amines) is 1. The molecule has 2 fully saturated rings. The van der Waals surface area contributed by atoms with Gasteiger partial charge >= 0.3 is 6.09 Å². The normalized spacial score (nSPS) is 25.8. The van der Waals surface area contributed by atoms with Crippen LogP contribution in [-0.4, -0.2) is 46.8 Å². The quantitative estimate of drug-likeness (QED) is 0.788. The maximum atomic E-state index is 11.0. The van der Waals surface area contributed by atoms with E-state index >= 15 is 0 Å². The fourth-order valence-corrected chi connectivity index (χ4v) is 2.88. The molecule has 0 aromatic carbocycles. The van der Waals surface area contributed by atoms with Crippen molar-refractivity contribution in [1.29, 1.82) is 0 Å². The summed E-state index contributed by atoms with van der Waals surface area (Å²) < 4.78 is 0. The first kappa shape index (κ1) is 11.3. The Morgan fingerprint density at radius 1 is 1.50 bits per heavy atom. The first-order valence-electron chi connectivity index (χ1n) is 6.09. The summed E-state index contributed by atoms with van der Waals surface area (Å²) in [7, 11) is 0. The lowest BCUT2D eigenvalue weighted by atomic mass is 9.91. The molecule has 0 unspecified atom stereocenters. The molecule has 1 amide bonds. The Morgan fingerprint density at radius 3 is 3.06 bits per heavy atom. The van der Waals surface area contributed by atoms with Crippen LogP contribution < -0.4 is 10.6 Å². The molecule has 2 saturated heterocycles. The number of nitrogens with zero attached hydrogens (tertiary/aromatic N) is 3. The summed E-state index contributed by atoms with van der Waals surface area (Å²) in [5, 5.41) is 9.01. The molecule has 0 saturated carbocycles. The van der Waals surface area contributed by atoms with E-state index in [-0.39, 0.29) is 6.04 Å². The number of fused-ring (bicyclic) bond motifs is 1. The second-order valence-corrected chi connectivity index (χ2v) is 4.86. The van der Waals surface area contributed by atoms with Crippen LogP contribution in [-0.2, 0) is 6.54 Å². The minimum absolute atomic E-state index is 0.265. The smallest absolute Gasteiger partial charge is 0.407 e. The van der Waals surface area contributed by atoms with Crippen molar-refractivity contribution in [2.24, 2.45) is 11.7 Å². The Labute approximate surface area is 105 Å². The highest BCUT2D eigenvalue weighted by Gasteiger charge is 2.47. The van der Waals surface area contributed by atoms with Crippen LogP contribution in [0.2, 0.25) is 0 Å². The number of anilines is 1. The summed E-state index contributed by atoms with van der Waals surface area (Å²) in [4.78, 5) is 19.0. The molecule has 6 nitrogen and oxygen atoms in total. The van der Waals surface area contributed by atoms with Crippen LogP contribution in [0.15, 0.2) is 18.3 Å². The number of hydrogen-bond acceptors (Lipinski definition) is 4. The first-order chi connectivity index (χ1) is 8.70. The van der Waals surface area contributed by atoms with Crippen LogP contribution in [0.3, 0.4) is 0 Å². The van der Waals surface area contributed by atoms with Gasteiger partial charge in [0.2, 0.25) is 0 Å². The molecule has 0 bridgehead atoms. The van der Waals surface area contributed by atoms with E-state index in [0.29, 0.717) is 25.6 Å². The Bertz CT molecular complexity index is 479. The van der Waals surface area contributed by atoms with Gasteiger partial charge < -0.3 is 20.6 Å². The first-order valence-corrected chi connectivity index (χ1v) is 6.09. The van der Waals surface area contributed by atoms with Gasteiger partial charge in [-0.2, -0.15) is 0 Å². The minimum atomic E-state index is -0.829. The number of aromatic nitrogens is 1. The number of carbonyl (C=O) groups is 1. The molecule has 18 heavy (non-hydrogen) atoms. The maximum Gasteiger partial charge on any atom is 0.407 e. The summed E-state index contributed by atoms with van der Waals surface area (Å²) in [6, 6.07) is 4.11. The van der Waals surface area contributed by atoms with Gasteiger partial charge in [-0.1, -0.05) is 6.07 Å². The topological polar surface area (TPSA) is 82.7 Å². The fraction of sp³-hybridized carbons (Fsp3) is 0.500. The van der Waals surface area contributed by atoms with Gasteiger partial charge in [0, 0.05) is 43.9 Å². The zero-order valence-electron chi connectivity index (χ0n) is 9.99. The van der Waals surface area contributed by atoms with Crippen molar-refractivity contribution >= 4 is 11.9 Å². The Balaban J connectivity index is 1.79. The van der Waals surface area contributed by atoms with Crippen LogP contribution in [0.1, 0.15) is 5.56 Å². The van der Waals surface area contributed by atoms with Crippen molar-refractivity contribution in [1.82, 2.24) is 9.88 Å². The van der Waals surface area contributed by atoms with E-state index in [1.807, 2.05) is 12.1 Å². The highest BCUT2D eigenvalue weighted by Crippen LogP contribution is 2.36. The summed E-state index contributed by atoms with van der Waals surface area (Å²) in [5.74, 6) is 1.35. The summed E-state index contributed by atoms with van der Waals surface area (Å²) in [6.07, 6.45) is 0.926. The molecule has 96 valence electrons. The second kappa shape index (κ2) is 4.13. The fourth-order valence-electron chi connectivity index (χ4n) is 2.88. The van der Waals surface area contributed by atoms with Crippen molar-refractivity contribution in [2.45, 2.75) is 12.6 Å². The van der Waals surface area contributed by atoms with E-state index in [9.17, 15) is 4.79 Å². The summed E-state index contributed by atoms with van der Waals surface area (Å²) in [5.41, 5.74) is 6.73. The molecule has 1 aromatic rings. The van der Waals surface area contributed by atoms with Gasteiger partial charge in [-0.15, -0.1) is 0 Å². The van der Waals surface area contributed by atoms with E-state index in [2.05, 4.69) is 9.88 Å². The van der Waals surface area contributed by atoms with Crippen molar-refractivity contribution in [2.75, 3.05) is 24.5 Å². The third-order valence-electron chi connectivity index (χ3n) is 3.87. The third kappa shape index (κ3) is 1.60. The molecule has 1 aromatic heterocycles. The predicted octanol–water partition coefficient (Wildman–Crippen LogP) is 0.339. The van der Waals surface area contributed by atoms with Gasteiger partial charge in [0.05, 0.1) is 6.04 Å². The maximum absolute atomic E-state index is 11.0. The summed E-state index contributed by atoms with van der Waals surface area (Å²) >= 11 is 0. The molecular formula is C12H16N4O2. The van der Waals surface area contributed by atoms with Gasteiger partial charge in [0.15, 0.2) is 0 Å². The lowest BCUT2D eigenvalue weighted by Gasteiger charge is -2.44. The Hall–Kier alpha value is -1.82. The average molecular weight is 248 g/mol. The number of hydrogen-bond donors (Lipinski definition) is 2. The molecule has 0 aliphatic carbocycles. The number of pyridine rings is 1. The zero-order valence-corrected chi connectivity index (χ0v) is 9.99. The molecule has 2 atom stereocenters. The number of rotatable bonds is 2.